The highest BCUT2D eigenvalue weighted by molar-refractivity contribution is 5.89. The first-order valence-corrected chi connectivity index (χ1v) is 7.42. The van der Waals surface area contributed by atoms with Gasteiger partial charge in [-0.05, 0) is 18.1 Å². The van der Waals surface area contributed by atoms with Gasteiger partial charge in [0.2, 0.25) is 5.91 Å². The van der Waals surface area contributed by atoms with Crippen LogP contribution in [0.2, 0.25) is 0 Å². The van der Waals surface area contributed by atoms with E-state index in [1.54, 1.807) is 6.20 Å². The first-order valence-electron chi connectivity index (χ1n) is 7.42. The normalized spacial score (nSPS) is 10.8. The molecule has 1 aromatic carbocycles. The number of pyridine rings is 1. The van der Waals surface area contributed by atoms with Crippen LogP contribution in [0.4, 0.5) is 5.82 Å². The van der Waals surface area contributed by atoms with Crippen LogP contribution < -0.4 is 5.32 Å². The van der Waals surface area contributed by atoms with Crippen LogP contribution in [0.5, 0.6) is 0 Å². The summed E-state index contributed by atoms with van der Waals surface area (Å²) in [7, 11) is 0. The van der Waals surface area contributed by atoms with Crippen molar-refractivity contribution in [1.82, 2.24) is 14.8 Å². The summed E-state index contributed by atoms with van der Waals surface area (Å²) < 4.78 is 1.81. The molecular weight excluding hydrogens is 276 g/mol. The van der Waals surface area contributed by atoms with E-state index in [4.69, 9.17) is 0 Å². The fraction of sp³-hybridized carbons (Fsp3) is 0.235. The van der Waals surface area contributed by atoms with E-state index >= 15 is 0 Å². The zero-order chi connectivity index (χ0) is 15.4. The number of carbonyl (C=O) groups excluding carboxylic acids is 1. The van der Waals surface area contributed by atoms with E-state index in [1.807, 2.05) is 54.2 Å². The molecule has 0 unspecified atom stereocenters. The van der Waals surface area contributed by atoms with E-state index < -0.39 is 0 Å². The molecule has 1 amide bonds. The molecule has 0 radical (unpaired) electrons. The number of rotatable bonds is 5. The number of hydrogen-bond donors (Lipinski definition) is 1. The molecule has 2 aromatic heterocycles. The SMILES string of the molecule is CCCC(=O)Nc1ccn(Cc2cccc3cccnc23)n1. The highest BCUT2D eigenvalue weighted by Gasteiger charge is 2.06. The van der Waals surface area contributed by atoms with Gasteiger partial charge in [0.25, 0.3) is 0 Å². The standard InChI is InChI=1S/C17H18N4O/c1-2-5-16(22)19-15-9-11-21(20-15)12-14-7-3-6-13-8-4-10-18-17(13)14/h3-4,6-11H,2,5,12H2,1H3,(H,19,20,22). The molecule has 0 aliphatic rings. The summed E-state index contributed by atoms with van der Waals surface area (Å²) in [5.41, 5.74) is 2.09. The Balaban J connectivity index is 1.78. The molecule has 22 heavy (non-hydrogen) atoms. The Hall–Kier alpha value is -2.69. The third-order valence-electron chi connectivity index (χ3n) is 3.43. The molecule has 1 N–H and O–H groups in total. The second-order valence-electron chi connectivity index (χ2n) is 5.19. The molecule has 0 atom stereocenters. The number of aromatic nitrogens is 3. The van der Waals surface area contributed by atoms with Gasteiger partial charge in [-0.1, -0.05) is 31.2 Å². The summed E-state index contributed by atoms with van der Waals surface area (Å²) in [6.07, 6.45) is 5.00. The Labute approximate surface area is 129 Å². The zero-order valence-corrected chi connectivity index (χ0v) is 12.5. The van der Waals surface area contributed by atoms with Crippen LogP contribution in [0.3, 0.4) is 0 Å². The fourth-order valence-electron chi connectivity index (χ4n) is 2.42. The van der Waals surface area contributed by atoms with Gasteiger partial charge in [0.05, 0.1) is 12.1 Å². The smallest absolute Gasteiger partial charge is 0.225 e. The van der Waals surface area contributed by atoms with Crippen molar-refractivity contribution in [3.05, 3.63) is 54.4 Å². The van der Waals surface area contributed by atoms with Gasteiger partial charge in [-0.2, -0.15) is 5.10 Å². The monoisotopic (exact) mass is 294 g/mol. The average Bonchev–Trinajstić information content (AvgIpc) is 2.95. The molecular formula is C17H18N4O. The van der Waals surface area contributed by atoms with Crippen LogP contribution in [0, 0.1) is 0 Å². The summed E-state index contributed by atoms with van der Waals surface area (Å²) in [5, 5.41) is 8.31. The number of nitrogens with zero attached hydrogens (tertiary/aromatic N) is 3. The van der Waals surface area contributed by atoms with Crippen molar-refractivity contribution in [2.45, 2.75) is 26.3 Å². The van der Waals surface area contributed by atoms with Crippen molar-refractivity contribution in [3.8, 4) is 0 Å². The van der Waals surface area contributed by atoms with Crippen LogP contribution in [0.25, 0.3) is 10.9 Å². The number of amides is 1. The Kier molecular flexibility index (Phi) is 4.14. The number of carbonyl (C=O) groups is 1. The number of fused-ring (bicyclic) bond motifs is 1. The molecule has 0 spiro atoms. The van der Waals surface area contributed by atoms with Gasteiger partial charge >= 0.3 is 0 Å². The van der Waals surface area contributed by atoms with E-state index in [-0.39, 0.29) is 5.91 Å². The molecule has 0 aliphatic heterocycles. The van der Waals surface area contributed by atoms with Crippen LogP contribution in [-0.2, 0) is 11.3 Å². The lowest BCUT2D eigenvalue weighted by Gasteiger charge is -2.06. The average molecular weight is 294 g/mol. The van der Waals surface area contributed by atoms with Gasteiger partial charge in [0.15, 0.2) is 5.82 Å². The van der Waals surface area contributed by atoms with Crippen LogP contribution in [-0.4, -0.2) is 20.7 Å². The lowest BCUT2D eigenvalue weighted by molar-refractivity contribution is -0.116. The van der Waals surface area contributed by atoms with Crippen molar-refractivity contribution < 1.29 is 4.79 Å². The molecule has 0 saturated heterocycles. The summed E-state index contributed by atoms with van der Waals surface area (Å²) in [5.74, 6) is 0.589. The van der Waals surface area contributed by atoms with Gasteiger partial charge in [0.1, 0.15) is 0 Å². The Morgan fingerprint density at radius 1 is 1.23 bits per heavy atom. The molecule has 5 nitrogen and oxygen atoms in total. The molecule has 3 aromatic rings. The lowest BCUT2D eigenvalue weighted by Crippen LogP contribution is -2.11. The highest BCUT2D eigenvalue weighted by Crippen LogP contribution is 2.17. The number of para-hydroxylation sites is 1. The van der Waals surface area contributed by atoms with Crippen molar-refractivity contribution in [1.29, 1.82) is 0 Å². The molecule has 112 valence electrons. The van der Waals surface area contributed by atoms with Crippen molar-refractivity contribution >= 4 is 22.6 Å². The van der Waals surface area contributed by atoms with E-state index in [2.05, 4.69) is 15.4 Å². The van der Waals surface area contributed by atoms with E-state index in [9.17, 15) is 4.79 Å². The maximum atomic E-state index is 11.6. The predicted octanol–water partition coefficient (Wildman–Crippen LogP) is 3.22. The topological polar surface area (TPSA) is 59.8 Å². The quantitative estimate of drug-likeness (QED) is 0.786. The molecule has 5 heteroatoms. The molecule has 0 bridgehead atoms. The molecule has 3 rings (SSSR count). The van der Waals surface area contributed by atoms with Gasteiger partial charge < -0.3 is 5.32 Å². The van der Waals surface area contributed by atoms with Crippen molar-refractivity contribution in [3.63, 3.8) is 0 Å². The minimum absolute atomic E-state index is 0.000391. The summed E-state index contributed by atoms with van der Waals surface area (Å²) in [6.45, 7) is 2.60. The Bertz CT molecular complexity index is 789. The maximum absolute atomic E-state index is 11.6. The van der Waals surface area contributed by atoms with Gasteiger partial charge in [0, 0.05) is 30.3 Å². The number of anilines is 1. The fourth-order valence-corrected chi connectivity index (χ4v) is 2.42. The number of nitrogens with one attached hydrogen (secondary N) is 1. The Morgan fingerprint density at radius 3 is 2.95 bits per heavy atom. The van der Waals surface area contributed by atoms with Crippen molar-refractivity contribution in [2.24, 2.45) is 0 Å². The highest BCUT2D eigenvalue weighted by atomic mass is 16.1. The van der Waals surface area contributed by atoms with Crippen LogP contribution in [0.15, 0.2) is 48.8 Å². The van der Waals surface area contributed by atoms with Crippen molar-refractivity contribution in [2.75, 3.05) is 5.32 Å². The first kappa shape index (κ1) is 14.3. The third-order valence-corrected chi connectivity index (χ3v) is 3.43. The zero-order valence-electron chi connectivity index (χ0n) is 12.5. The predicted molar refractivity (Wildman–Crippen MR) is 86.6 cm³/mol. The second-order valence-corrected chi connectivity index (χ2v) is 5.19. The third kappa shape index (κ3) is 3.14. The number of hydrogen-bond acceptors (Lipinski definition) is 3. The van der Waals surface area contributed by atoms with Gasteiger partial charge in [-0.3, -0.25) is 14.5 Å². The van der Waals surface area contributed by atoms with Crippen LogP contribution >= 0.6 is 0 Å². The summed E-state index contributed by atoms with van der Waals surface area (Å²) >= 11 is 0. The van der Waals surface area contributed by atoms with Gasteiger partial charge in [-0.15, -0.1) is 0 Å². The van der Waals surface area contributed by atoms with E-state index in [0.29, 0.717) is 18.8 Å². The van der Waals surface area contributed by atoms with E-state index in [1.165, 1.54) is 0 Å². The van der Waals surface area contributed by atoms with E-state index in [0.717, 1.165) is 22.9 Å². The first-order chi connectivity index (χ1) is 10.8. The van der Waals surface area contributed by atoms with Crippen LogP contribution in [0.1, 0.15) is 25.3 Å². The molecule has 0 aliphatic carbocycles. The van der Waals surface area contributed by atoms with Gasteiger partial charge in [-0.25, -0.2) is 0 Å². The Morgan fingerprint density at radius 2 is 2.09 bits per heavy atom. The second kappa shape index (κ2) is 6.39. The summed E-state index contributed by atoms with van der Waals surface area (Å²) in [6, 6.07) is 11.9. The lowest BCUT2D eigenvalue weighted by atomic mass is 10.1. The minimum Gasteiger partial charge on any atom is -0.309 e. The largest absolute Gasteiger partial charge is 0.309 e. The molecule has 0 fully saturated rings. The summed E-state index contributed by atoms with van der Waals surface area (Å²) in [4.78, 5) is 16.0. The maximum Gasteiger partial charge on any atom is 0.225 e. The molecule has 0 saturated carbocycles. The molecule has 2 heterocycles. The minimum atomic E-state index is -0.000391. The number of benzene rings is 1.